The molecule has 2 aromatic carbocycles. The first kappa shape index (κ1) is 23.3. The third kappa shape index (κ3) is 5.45. The SMILES string of the molecule is Cc1ccc(C(C)C)c(OCCN2C(=O)S/C(=C\C=C\c3ccccc3[N+](=O)[O-])C2=O)c1. The van der Waals surface area contributed by atoms with Crippen molar-refractivity contribution in [1.82, 2.24) is 4.90 Å². The second kappa shape index (κ2) is 10.3. The number of amides is 2. The fourth-order valence-electron chi connectivity index (χ4n) is 3.23. The molecule has 0 saturated carbocycles. The van der Waals surface area contributed by atoms with Crippen LogP contribution in [0.4, 0.5) is 10.5 Å². The van der Waals surface area contributed by atoms with Crippen LogP contribution < -0.4 is 4.74 Å². The fourth-order valence-corrected chi connectivity index (χ4v) is 4.05. The van der Waals surface area contributed by atoms with E-state index in [1.807, 2.05) is 25.1 Å². The molecular weight excluding hydrogens is 428 g/mol. The van der Waals surface area contributed by atoms with Crippen LogP contribution in [0.3, 0.4) is 0 Å². The lowest BCUT2D eigenvalue weighted by Crippen LogP contribution is -2.32. The van der Waals surface area contributed by atoms with Crippen molar-refractivity contribution in [2.75, 3.05) is 13.2 Å². The molecule has 0 aromatic heterocycles. The summed E-state index contributed by atoms with van der Waals surface area (Å²) >= 11 is 0.842. The number of hydrogen-bond donors (Lipinski definition) is 0. The van der Waals surface area contributed by atoms with Crippen molar-refractivity contribution in [2.45, 2.75) is 26.7 Å². The fraction of sp³-hybridized carbons (Fsp3) is 0.250. The summed E-state index contributed by atoms with van der Waals surface area (Å²) in [6.07, 6.45) is 4.58. The van der Waals surface area contributed by atoms with Crippen LogP contribution in [0.25, 0.3) is 6.08 Å². The summed E-state index contributed by atoms with van der Waals surface area (Å²) in [5, 5.41) is 10.7. The number of allylic oxidation sites excluding steroid dienone is 2. The summed E-state index contributed by atoms with van der Waals surface area (Å²) in [6.45, 7) is 6.48. The summed E-state index contributed by atoms with van der Waals surface area (Å²) in [5.74, 6) is 0.650. The number of nitro groups is 1. The van der Waals surface area contributed by atoms with Gasteiger partial charge in [-0.1, -0.05) is 44.2 Å². The Morgan fingerprint density at radius 1 is 1.19 bits per heavy atom. The number of para-hydroxylation sites is 1. The Hall–Kier alpha value is -3.39. The number of nitro benzene ring substituents is 1. The molecule has 1 saturated heterocycles. The van der Waals surface area contributed by atoms with Gasteiger partial charge in [0, 0.05) is 6.07 Å². The minimum atomic E-state index is -0.466. The van der Waals surface area contributed by atoms with E-state index in [0.29, 0.717) is 5.56 Å². The Morgan fingerprint density at radius 3 is 2.66 bits per heavy atom. The zero-order valence-corrected chi connectivity index (χ0v) is 18.9. The lowest BCUT2D eigenvalue weighted by Gasteiger charge is -2.17. The van der Waals surface area contributed by atoms with E-state index in [4.69, 9.17) is 4.74 Å². The summed E-state index contributed by atoms with van der Waals surface area (Å²) < 4.78 is 5.90. The van der Waals surface area contributed by atoms with E-state index in [1.54, 1.807) is 24.3 Å². The maximum absolute atomic E-state index is 12.6. The Balaban J connectivity index is 1.64. The summed E-state index contributed by atoms with van der Waals surface area (Å²) in [4.78, 5) is 37.0. The molecule has 0 atom stereocenters. The number of nitrogens with zero attached hydrogens (tertiary/aromatic N) is 2. The molecule has 166 valence electrons. The van der Waals surface area contributed by atoms with Crippen molar-refractivity contribution >= 4 is 34.7 Å². The van der Waals surface area contributed by atoms with E-state index in [-0.39, 0.29) is 34.9 Å². The lowest BCUT2D eigenvalue weighted by atomic mass is 10.0. The molecule has 0 spiro atoms. The van der Waals surface area contributed by atoms with E-state index in [0.717, 1.165) is 33.5 Å². The molecule has 0 bridgehead atoms. The number of carbonyl (C=O) groups is 2. The first-order chi connectivity index (χ1) is 15.3. The van der Waals surface area contributed by atoms with Gasteiger partial charge in [-0.3, -0.25) is 24.6 Å². The van der Waals surface area contributed by atoms with Gasteiger partial charge in [-0.25, -0.2) is 0 Å². The van der Waals surface area contributed by atoms with Gasteiger partial charge < -0.3 is 4.74 Å². The van der Waals surface area contributed by atoms with Crippen molar-refractivity contribution in [3.63, 3.8) is 0 Å². The third-order valence-corrected chi connectivity index (χ3v) is 5.82. The number of thioether (sulfide) groups is 1. The second-order valence-electron chi connectivity index (χ2n) is 7.58. The number of rotatable bonds is 8. The third-order valence-electron chi connectivity index (χ3n) is 4.89. The minimum absolute atomic E-state index is 0.0284. The molecule has 0 unspecified atom stereocenters. The van der Waals surface area contributed by atoms with Crippen molar-refractivity contribution in [1.29, 1.82) is 0 Å². The Bertz CT molecular complexity index is 1110. The maximum atomic E-state index is 12.6. The van der Waals surface area contributed by atoms with Crippen LogP contribution in [0.15, 0.2) is 59.5 Å². The molecule has 8 heteroatoms. The molecule has 1 fully saturated rings. The smallest absolute Gasteiger partial charge is 0.293 e. The molecule has 32 heavy (non-hydrogen) atoms. The Kier molecular flexibility index (Phi) is 7.48. The van der Waals surface area contributed by atoms with E-state index >= 15 is 0 Å². The second-order valence-corrected chi connectivity index (χ2v) is 8.57. The van der Waals surface area contributed by atoms with Crippen LogP contribution in [0.1, 0.15) is 36.5 Å². The van der Waals surface area contributed by atoms with Gasteiger partial charge in [-0.2, -0.15) is 0 Å². The largest absolute Gasteiger partial charge is 0.491 e. The highest BCUT2D eigenvalue weighted by molar-refractivity contribution is 8.18. The molecule has 0 radical (unpaired) electrons. The molecule has 1 aliphatic rings. The lowest BCUT2D eigenvalue weighted by molar-refractivity contribution is -0.385. The highest BCUT2D eigenvalue weighted by Crippen LogP contribution is 2.31. The first-order valence-electron chi connectivity index (χ1n) is 10.2. The number of hydrogen-bond acceptors (Lipinski definition) is 6. The van der Waals surface area contributed by atoms with Gasteiger partial charge in [0.1, 0.15) is 12.4 Å². The molecule has 1 aliphatic heterocycles. The maximum Gasteiger partial charge on any atom is 0.293 e. The van der Waals surface area contributed by atoms with Crippen molar-refractivity contribution < 1.29 is 19.2 Å². The quantitative estimate of drug-likeness (QED) is 0.290. The number of aryl methyl sites for hydroxylation is 1. The van der Waals surface area contributed by atoms with E-state index in [9.17, 15) is 19.7 Å². The molecule has 7 nitrogen and oxygen atoms in total. The average Bonchev–Trinajstić information content (AvgIpc) is 3.01. The van der Waals surface area contributed by atoms with Gasteiger partial charge in [0.15, 0.2) is 0 Å². The highest BCUT2D eigenvalue weighted by atomic mass is 32.2. The molecule has 0 N–H and O–H groups in total. The Labute approximate surface area is 190 Å². The topological polar surface area (TPSA) is 89.8 Å². The van der Waals surface area contributed by atoms with Crippen molar-refractivity contribution in [3.05, 3.63) is 86.3 Å². The molecule has 2 aromatic rings. The number of ether oxygens (including phenoxy) is 1. The van der Waals surface area contributed by atoms with E-state index < -0.39 is 10.8 Å². The number of benzene rings is 2. The molecular formula is C24H24N2O5S. The standard InChI is InChI=1S/C24H24N2O5S/c1-16(2)19-12-11-17(3)15-21(19)31-14-13-25-23(27)22(32-24(25)28)10-6-8-18-7-4-5-9-20(18)26(29)30/h4-12,15-16H,13-14H2,1-3H3/b8-6+,22-10-. The van der Waals surface area contributed by atoms with Crippen LogP contribution in [0, 0.1) is 17.0 Å². The number of carbonyl (C=O) groups excluding carboxylic acids is 2. The van der Waals surface area contributed by atoms with Crippen LogP contribution in [-0.2, 0) is 4.79 Å². The van der Waals surface area contributed by atoms with Gasteiger partial charge in [0.2, 0.25) is 0 Å². The predicted molar refractivity (Wildman–Crippen MR) is 126 cm³/mol. The van der Waals surface area contributed by atoms with E-state index in [2.05, 4.69) is 13.8 Å². The Morgan fingerprint density at radius 2 is 1.94 bits per heavy atom. The monoisotopic (exact) mass is 452 g/mol. The van der Waals surface area contributed by atoms with Gasteiger partial charge in [-0.05, 0) is 60.0 Å². The van der Waals surface area contributed by atoms with Gasteiger partial charge >= 0.3 is 0 Å². The van der Waals surface area contributed by atoms with Crippen LogP contribution in [-0.4, -0.2) is 34.1 Å². The van der Waals surface area contributed by atoms with Crippen molar-refractivity contribution in [2.24, 2.45) is 0 Å². The first-order valence-corrected chi connectivity index (χ1v) is 11.0. The molecule has 2 amide bonds. The van der Waals surface area contributed by atoms with Gasteiger partial charge in [0.05, 0.1) is 21.9 Å². The summed E-state index contributed by atoms with van der Waals surface area (Å²) in [5.41, 5.74) is 2.54. The van der Waals surface area contributed by atoms with E-state index in [1.165, 1.54) is 18.2 Å². The van der Waals surface area contributed by atoms with Crippen LogP contribution in [0.2, 0.25) is 0 Å². The summed E-state index contributed by atoms with van der Waals surface area (Å²) in [6, 6.07) is 12.3. The average molecular weight is 453 g/mol. The van der Waals surface area contributed by atoms with Crippen molar-refractivity contribution in [3.8, 4) is 5.75 Å². The number of imide groups is 1. The van der Waals surface area contributed by atoms with Crippen LogP contribution >= 0.6 is 11.8 Å². The normalized spacial score (nSPS) is 15.4. The molecule has 3 rings (SSSR count). The van der Waals surface area contributed by atoms with Gasteiger partial charge in [0.25, 0.3) is 16.8 Å². The predicted octanol–water partition coefficient (Wildman–Crippen LogP) is 5.70. The van der Waals surface area contributed by atoms with Crippen LogP contribution in [0.5, 0.6) is 5.75 Å². The molecule has 1 heterocycles. The molecule has 0 aliphatic carbocycles. The van der Waals surface area contributed by atoms with Gasteiger partial charge in [-0.15, -0.1) is 0 Å². The summed E-state index contributed by atoms with van der Waals surface area (Å²) in [7, 11) is 0. The zero-order valence-electron chi connectivity index (χ0n) is 18.1. The zero-order chi connectivity index (χ0) is 23.3. The minimum Gasteiger partial charge on any atom is -0.491 e. The highest BCUT2D eigenvalue weighted by Gasteiger charge is 2.34.